The van der Waals surface area contributed by atoms with Crippen molar-refractivity contribution in [2.24, 2.45) is 0 Å². The van der Waals surface area contributed by atoms with Crippen LogP contribution < -0.4 is 14.4 Å². The Kier molecular flexibility index (Phi) is 6.73. The Morgan fingerprint density at radius 2 is 1.86 bits per heavy atom. The summed E-state index contributed by atoms with van der Waals surface area (Å²) in [7, 11) is 1.61. The second-order valence-corrected chi connectivity index (χ2v) is 8.49. The van der Waals surface area contributed by atoms with Crippen molar-refractivity contribution < 1.29 is 19.1 Å². The van der Waals surface area contributed by atoms with E-state index in [9.17, 15) is 10.1 Å². The number of nitro groups is 1. The van der Waals surface area contributed by atoms with Gasteiger partial charge in [-0.2, -0.15) is 4.98 Å². The van der Waals surface area contributed by atoms with Gasteiger partial charge >= 0.3 is 0 Å². The molecule has 0 atom stereocenters. The molecule has 1 saturated heterocycles. The molecule has 2 aliphatic heterocycles. The third-order valence-corrected chi connectivity index (χ3v) is 6.19. The lowest BCUT2D eigenvalue weighted by molar-refractivity contribution is -0.384. The summed E-state index contributed by atoms with van der Waals surface area (Å²) in [6.45, 7) is 4.67. The van der Waals surface area contributed by atoms with Crippen LogP contribution >= 0.6 is 0 Å². The monoisotopic (exact) mass is 477 g/mol. The zero-order chi connectivity index (χ0) is 24.2. The van der Waals surface area contributed by atoms with Crippen LogP contribution in [0.5, 0.6) is 17.4 Å². The highest BCUT2D eigenvalue weighted by molar-refractivity contribution is 5.47. The third-order valence-electron chi connectivity index (χ3n) is 6.19. The predicted octanol–water partition coefficient (Wildman–Crippen LogP) is 3.58. The average Bonchev–Trinajstić information content (AvgIpc) is 2.90. The maximum atomic E-state index is 11.2. The van der Waals surface area contributed by atoms with Crippen molar-refractivity contribution in [1.82, 2.24) is 14.9 Å². The van der Waals surface area contributed by atoms with Crippen LogP contribution in [-0.2, 0) is 24.2 Å². The van der Waals surface area contributed by atoms with Gasteiger partial charge < -0.3 is 19.1 Å². The van der Waals surface area contributed by atoms with Crippen molar-refractivity contribution >= 4 is 11.6 Å². The van der Waals surface area contributed by atoms with Gasteiger partial charge in [0, 0.05) is 51.3 Å². The molecule has 0 radical (unpaired) electrons. The average molecular weight is 478 g/mol. The summed E-state index contributed by atoms with van der Waals surface area (Å²) >= 11 is 0. The number of hydrogen-bond acceptors (Lipinski definition) is 9. The number of methoxy groups -OCH3 is 1. The van der Waals surface area contributed by atoms with Crippen molar-refractivity contribution in [3.8, 4) is 17.4 Å². The molecule has 0 spiro atoms. The summed E-state index contributed by atoms with van der Waals surface area (Å²) in [5, 5.41) is 11.2. The second-order valence-electron chi connectivity index (χ2n) is 8.49. The van der Waals surface area contributed by atoms with Gasteiger partial charge in [-0.1, -0.05) is 24.3 Å². The number of ether oxygens (including phenoxy) is 3. The van der Waals surface area contributed by atoms with E-state index >= 15 is 0 Å². The van der Waals surface area contributed by atoms with Gasteiger partial charge in [0.15, 0.2) is 11.5 Å². The summed E-state index contributed by atoms with van der Waals surface area (Å²) in [6.07, 6.45) is 0.729. The molecule has 2 aromatic carbocycles. The van der Waals surface area contributed by atoms with E-state index in [2.05, 4.69) is 9.80 Å². The fraction of sp³-hybridized carbons (Fsp3) is 0.360. The summed E-state index contributed by atoms with van der Waals surface area (Å²) in [4.78, 5) is 24.9. The Hall–Kier alpha value is -3.76. The molecular weight excluding hydrogens is 450 g/mol. The van der Waals surface area contributed by atoms with Crippen LogP contribution in [0.4, 0.5) is 11.6 Å². The van der Waals surface area contributed by atoms with E-state index < -0.39 is 0 Å². The van der Waals surface area contributed by atoms with Crippen LogP contribution in [0.25, 0.3) is 0 Å². The van der Waals surface area contributed by atoms with E-state index in [0.29, 0.717) is 49.6 Å². The SMILES string of the molecule is COc1ccccc1Oc1nc(N2CCOCC2)nc2c1CN(Cc1cccc([N+](=O)[O-])c1)CC2. The van der Waals surface area contributed by atoms with Crippen molar-refractivity contribution in [2.75, 3.05) is 44.9 Å². The molecular formula is C25H27N5O5. The largest absolute Gasteiger partial charge is 0.493 e. The normalized spacial score (nSPS) is 16.0. The summed E-state index contributed by atoms with van der Waals surface area (Å²) < 4.78 is 17.3. The fourth-order valence-corrected chi connectivity index (χ4v) is 4.39. The first-order valence-electron chi connectivity index (χ1n) is 11.6. The van der Waals surface area contributed by atoms with Gasteiger partial charge in [-0.3, -0.25) is 15.0 Å². The van der Waals surface area contributed by atoms with E-state index in [1.807, 2.05) is 30.3 Å². The van der Waals surface area contributed by atoms with Crippen LogP contribution in [-0.4, -0.2) is 59.7 Å². The molecule has 0 amide bonds. The maximum absolute atomic E-state index is 11.2. The van der Waals surface area contributed by atoms with E-state index in [-0.39, 0.29) is 10.6 Å². The van der Waals surface area contributed by atoms with E-state index in [1.54, 1.807) is 19.2 Å². The Morgan fingerprint density at radius 1 is 1.06 bits per heavy atom. The van der Waals surface area contributed by atoms with Gasteiger partial charge in [-0.05, 0) is 17.7 Å². The standard InChI is InChI=1S/C25H27N5O5/c1-33-22-7-2-3-8-23(22)35-24-20-17-28(16-18-5-4-6-19(15-18)30(31)32)10-9-21(20)26-25(27-24)29-11-13-34-14-12-29/h2-8,15H,9-14,16-17H2,1H3. The lowest BCUT2D eigenvalue weighted by Crippen LogP contribution is -2.38. The zero-order valence-corrected chi connectivity index (χ0v) is 19.6. The molecule has 0 saturated carbocycles. The molecule has 0 unspecified atom stereocenters. The van der Waals surface area contributed by atoms with Crippen molar-refractivity contribution in [1.29, 1.82) is 0 Å². The number of hydrogen-bond donors (Lipinski definition) is 0. The first-order chi connectivity index (χ1) is 17.1. The summed E-state index contributed by atoms with van der Waals surface area (Å²) in [5.41, 5.74) is 2.87. The number of non-ortho nitro benzene ring substituents is 1. The molecule has 35 heavy (non-hydrogen) atoms. The first-order valence-corrected chi connectivity index (χ1v) is 11.6. The first kappa shape index (κ1) is 23.0. The predicted molar refractivity (Wildman–Crippen MR) is 129 cm³/mol. The molecule has 5 rings (SSSR count). The Balaban J connectivity index is 1.45. The van der Waals surface area contributed by atoms with Crippen LogP contribution in [0.15, 0.2) is 48.5 Å². The highest BCUT2D eigenvalue weighted by Gasteiger charge is 2.27. The Morgan fingerprint density at radius 3 is 2.63 bits per heavy atom. The minimum absolute atomic E-state index is 0.0959. The number of rotatable bonds is 7. The molecule has 0 N–H and O–H groups in total. The molecule has 10 heteroatoms. The molecule has 2 aliphatic rings. The van der Waals surface area contributed by atoms with Gasteiger partial charge in [-0.15, -0.1) is 0 Å². The number of fused-ring (bicyclic) bond motifs is 1. The van der Waals surface area contributed by atoms with E-state index in [4.69, 9.17) is 24.2 Å². The minimum atomic E-state index is -0.366. The molecule has 1 fully saturated rings. The van der Waals surface area contributed by atoms with Crippen molar-refractivity contribution in [3.05, 3.63) is 75.5 Å². The molecule has 1 aromatic heterocycles. The maximum Gasteiger partial charge on any atom is 0.269 e. The van der Waals surface area contributed by atoms with Crippen LogP contribution in [0.1, 0.15) is 16.8 Å². The smallest absolute Gasteiger partial charge is 0.269 e. The molecule has 3 aromatic rings. The minimum Gasteiger partial charge on any atom is -0.493 e. The highest BCUT2D eigenvalue weighted by Crippen LogP contribution is 2.35. The molecule has 10 nitrogen and oxygen atoms in total. The molecule has 3 heterocycles. The molecule has 0 aliphatic carbocycles. The summed E-state index contributed by atoms with van der Waals surface area (Å²) in [5.74, 6) is 2.35. The van der Waals surface area contributed by atoms with Crippen LogP contribution in [0, 0.1) is 10.1 Å². The lowest BCUT2D eigenvalue weighted by atomic mass is 10.1. The quantitative estimate of drug-likeness (QED) is 0.373. The highest BCUT2D eigenvalue weighted by atomic mass is 16.6. The van der Waals surface area contributed by atoms with Gasteiger partial charge in [0.2, 0.25) is 11.8 Å². The van der Waals surface area contributed by atoms with Gasteiger partial charge in [0.25, 0.3) is 5.69 Å². The number of anilines is 1. The Bertz CT molecular complexity index is 1210. The van der Waals surface area contributed by atoms with Crippen LogP contribution in [0.2, 0.25) is 0 Å². The number of nitrogens with zero attached hydrogens (tertiary/aromatic N) is 5. The molecule has 0 bridgehead atoms. The third kappa shape index (κ3) is 5.18. The number of para-hydroxylation sites is 2. The Labute approximate surface area is 203 Å². The van der Waals surface area contributed by atoms with E-state index in [0.717, 1.165) is 42.9 Å². The van der Waals surface area contributed by atoms with Gasteiger partial charge in [0.05, 0.1) is 36.5 Å². The van der Waals surface area contributed by atoms with Crippen molar-refractivity contribution in [3.63, 3.8) is 0 Å². The summed E-state index contributed by atoms with van der Waals surface area (Å²) in [6, 6.07) is 14.2. The molecule has 182 valence electrons. The van der Waals surface area contributed by atoms with Gasteiger partial charge in [0.1, 0.15) is 0 Å². The topological polar surface area (TPSA) is 103 Å². The zero-order valence-electron chi connectivity index (χ0n) is 19.6. The second kappa shape index (κ2) is 10.2. The number of aromatic nitrogens is 2. The van der Waals surface area contributed by atoms with Crippen LogP contribution in [0.3, 0.4) is 0 Å². The van der Waals surface area contributed by atoms with Crippen molar-refractivity contribution in [2.45, 2.75) is 19.5 Å². The number of morpholine rings is 1. The lowest BCUT2D eigenvalue weighted by Gasteiger charge is -2.32. The number of nitro benzene ring substituents is 1. The fourth-order valence-electron chi connectivity index (χ4n) is 4.39. The number of benzene rings is 2. The van der Waals surface area contributed by atoms with Gasteiger partial charge in [-0.25, -0.2) is 4.98 Å². The van der Waals surface area contributed by atoms with E-state index in [1.165, 1.54) is 6.07 Å².